The van der Waals surface area contributed by atoms with E-state index in [0.717, 1.165) is 28.3 Å². The molecule has 0 atom stereocenters. The zero-order valence-electron chi connectivity index (χ0n) is 16.7. The molecule has 3 aromatic rings. The van der Waals surface area contributed by atoms with E-state index in [2.05, 4.69) is 34.6 Å². The molecule has 29 heavy (non-hydrogen) atoms. The van der Waals surface area contributed by atoms with Crippen molar-refractivity contribution in [1.82, 2.24) is 15.6 Å². The molecule has 7 heteroatoms. The fourth-order valence-electron chi connectivity index (χ4n) is 2.57. The van der Waals surface area contributed by atoms with Gasteiger partial charge in [0.2, 0.25) is 0 Å². The van der Waals surface area contributed by atoms with Crippen molar-refractivity contribution in [3.05, 3.63) is 65.9 Å². The molecule has 1 heterocycles. The van der Waals surface area contributed by atoms with Crippen molar-refractivity contribution in [3.8, 4) is 22.8 Å². The molecule has 0 fully saturated rings. The highest BCUT2D eigenvalue weighted by Crippen LogP contribution is 2.22. The molecule has 0 saturated heterocycles. The molecule has 0 aliphatic rings. The molecule has 2 N–H and O–H groups in total. The van der Waals surface area contributed by atoms with Crippen LogP contribution in [0, 0.1) is 5.92 Å². The number of carbonyl (C=O) groups excluding carboxylic acids is 1. The highest BCUT2D eigenvalue weighted by molar-refractivity contribution is 5.95. The molecule has 0 radical (unpaired) electrons. The van der Waals surface area contributed by atoms with Gasteiger partial charge >= 0.3 is 0 Å². The molecule has 0 aliphatic heterocycles. The first-order valence-corrected chi connectivity index (χ1v) is 9.31. The minimum absolute atomic E-state index is 0.300. The second-order valence-corrected chi connectivity index (χ2v) is 6.86. The van der Waals surface area contributed by atoms with Crippen LogP contribution in [0.2, 0.25) is 0 Å². The third kappa shape index (κ3) is 5.44. The van der Waals surface area contributed by atoms with Gasteiger partial charge in [0.15, 0.2) is 0 Å². The van der Waals surface area contributed by atoms with Crippen molar-refractivity contribution >= 4 is 12.1 Å². The van der Waals surface area contributed by atoms with Gasteiger partial charge in [-0.1, -0.05) is 13.8 Å². The molecule has 7 nitrogen and oxygen atoms in total. The topological polar surface area (TPSA) is 88.6 Å². The van der Waals surface area contributed by atoms with Crippen molar-refractivity contribution in [1.29, 1.82) is 0 Å². The second-order valence-electron chi connectivity index (χ2n) is 6.86. The van der Waals surface area contributed by atoms with E-state index in [1.54, 1.807) is 43.8 Å². The van der Waals surface area contributed by atoms with E-state index in [9.17, 15) is 4.79 Å². The molecule has 1 aromatic heterocycles. The maximum Gasteiger partial charge on any atom is 0.271 e. The molecule has 0 spiro atoms. The van der Waals surface area contributed by atoms with Crippen molar-refractivity contribution in [3.63, 3.8) is 0 Å². The standard InChI is InChI=1S/C22H24N4O3/c1-15(2)14-29-20-10-6-17(7-11-20)22(27)26-24-13-18-12-23-25-21(18)16-4-8-19(28-3)9-5-16/h4-13,15H,14H2,1-3H3,(H,23,25)(H,26,27). The van der Waals surface area contributed by atoms with Gasteiger partial charge < -0.3 is 9.47 Å². The third-order valence-electron chi connectivity index (χ3n) is 4.12. The Morgan fingerprint density at radius 2 is 1.83 bits per heavy atom. The zero-order valence-corrected chi connectivity index (χ0v) is 16.7. The Morgan fingerprint density at radius 1 is 1.14 bits per heavy atom. The number of nitrogens with one attached hydrogen (secondary N) is 2. The van der Waals surface area contributed by atoms with Crippen molar-refractivity contribution in [2.45, 2.75) is 13.8 Å². The average Bonchev–Trinajstić information content (AvgIpc) is 3.21. The van der Waals surface area contributed by atoms with Crippen LogP contribution in [0.5, 0.6) is 11.5 Å². The van der Waals surface area contributed by atoms with Gasteiger partial charge in [0.25, 0.3) is 5.91 Å². The van der Waals surface area contributed by atoms with Crippen LogP contribution in [0.15, 0.2) is 59.8 Å². The van der Waals surface area contributed by atoms with Gasteiger partial charge in [-0.15, -0.1) is 0 Å². The lowest BCUT2D eigenvalue weighted by atomic mass is 10.1. The Labute approximate surface area is 169 Å². The maximum atomic E-state index is 12.3. The molecule has 2 aromatic carbocycles. The van der Waals surface area contributed by atoms with Gasteiger partial charge in [-0.05, 0) is 54.4 Å². The van der Waals surface area contributed by atoms with Crippen LogP contribution < -0.4 is 14.9 Å². The van der Waals surface area contributed by atoms with E-state index in [0.29, 0.717) is 18.1 Å². The van der Waals surface area contributed by atoms with Crippen LogP contribution in [0.1, 0.15) is 29.8 Å². The van der Waals surface area contributed by atoms with Crippen LogP contribution in [0.3, 0.4) is 0 Å². The van der Waals surface area contributed by atoms with E-state index in [-0.39, 0.29) is 5.91 Å². The predicted molar refractivity (Wildman–Crippen MR) is 112 cm³/mol. The van der Waals surface area contributed by atoms with E-state index in [1.165, 1.54) is 0 Å². The summed E-state index contributed by atoms with van der Waals surface area (Å²) < 4.78 is 10.8. The Kier molecular flexibility index (Phi) is 6.63. The molecule has 3 rings (SSSR count). The maximum absolute atomic E-state index is 12.3. The fourth-order valence-corrected chi connectivity index (χ4v) is 2.57. The van der Waals surface area contributed by atoms with Gasteiger partial charge in [0, 0.05) is 16.7 Å². The number of hydrogen-bond acceptors (Lipinski definition) is 5. The summed E-state index contributed by atoms with van der Waals surface area (Å²) >= 11 is 0. The number of ether oxygens (including phenoxy) is 2. The number of aromatic nitrogens is 2. The Morgan fingerprint density at radius 3 is 2.48 bits per heavy atom. The SMILES string of the molecule is COc1ccc(-c2[nH]ncc2C=NNC(=O)c2ccc(OCC(C)C)cc2)cc1. The summed E-state index contributed by atoms with van der Waals surface area (Å²) in [6, 6.07) is 14.6. The van der Waals surface area contributed by atoms with Crippen LogP contribution >= 0.6 is 0 Å². The Balaban J connectivity index is 1.61. The summed E-state index contributed by atoms with van der Waals surface area (Å²) in [6.07, 6.45) is 3.21. The van der Waals surface area contributed by atoms with Gasteiger partial charge in [-0.3, -0.25) is 9.89 Å². The number of amides is 1. The summed E-state index contributed by atoms with van der Waals surface area (Å²) in [5, 5.41) is 11.1. The highest BCUT2D eigenvalue weighted by atomic mass is 16.5. The van der Waals surface area contributed by atoms with Crippen molar-refractivity contribution in [2.24, 2.45) is 11.0 Å². The van der Waals surface area contributed by atoms with Crippen LogP contribution in [0.25, 0.3) is 11.3 Å². The van der Waals surface area contributed by atoms with Gasteiger partial charge in [-0.2, -0.15) is 10.2 Å². The quantitative estimate of drug-likeness (QED) is 0.450. The highest BCUT2D eigenvalue weighted by Gasteiger charge is 2.08. The summed E-state index contributed by atoms with van der Waals surface area (Å²) in [5.74, 6) is 1.65. The minimum atomic E-state index is -0.300. The van der Waals surface area contributed by atoms with E-state index in [1.807, 2.05) is 24.3 Å². The lowest BCUT2D eigenvalue weighted by Crippen LogP contribution is -2.17. The van der Waals surface area contributed by atoms with Crippen LogP contribution in [-0.2, 0) is 0 Å². The zero-order chi connectivity index (χ0) is 20.6. The molecular formula is C22H24N4O3. The summed E-state index contributed by atoms with van der Waals surface area (Å²) in [6.45, 7) is 4.80. The normalized spacial score (nSPS) is 11.0. The molecular weight excluding hydrogens is 368 g/mol. The molecule has 0 bridgehead atoms. The Bertz CT molecular complexity index is 960. The first-order valence-electron chi connectivity index (χ1n) is 9.31. The first kappa shape index (κ1) is 20.1. The number of benzene rings is 2. The second kappa shape index (κ2) is 9.54. The monoisotopic (exact) mass is 392 g/mol. The number of H-pyrrole nitrogens is 1. The number of aromatic amines is 1. The number of rotatable bonds is 8. The lowest BCUT2D eigenvalue weighted by Gasteiger charge is -2.08. The number of hydrazone groups is 1. The first-order chi connectivity index (χ1) is 14.1. The number of methoxy groups -OCH3 is 1. The number of hydrogen-bond donors (Lipinski definition) is 2. The molecule has 1 amide bonds. The summed E-state index contributed by atoms with van der Waals surface area (Å²) in [4.78, 5) is 12.3. The van der Waals surface area contributed by atoms with E-state index < -0.39 is 0 Å². The smallest absolute Gasteiger partial charge is 0.271 e. The van der Waals surface area contributed by atoms with Gasteiger partial charge in [0.1, 0.15) is 11.5 Å². The Hall–Kier alpha value is -3.61. The average molecular weight is 392 g/mol. The lowest BCUT2D eigenvalue weighted by molar-refractivity contribution is 0.0955. The summed E-state index contributed by atoms with van der Waals surface area (Å²) in [7, 11) is 1.62. The fraction of sp³-hybridized carbons (Fsp3) is 0.227. The number of carbonyl (C=O) groups is 1. The van der Waals surface area contributed by atoms with Crippen LogP contribution in [0.4, 0.5) is 0 Å². The van der Waals surface area contributed by atoms with Crippen LogP contribution in [-0.4, -0.2) is 36.0 Å². The molecule has 0 aliphatic carbocycles. The minimum Gasteiger partial charge on any atom is -0.497 e. The van der Waals surface area contributed by atoms with Crippen molar-refractivity contribution in [2.75, 3.05) is 13.7 Å². The largest absolute Gasteiger partial charge is 0.497 e. The van der Waals surface area contributed by atoms with Gasteiger partial charge in [-0.25, -0.2) is 5.43 Å². The molecule has 150 valence electrons. The van der Waals surface area contributed by atoms with Gasteiger partial charge in [0.05, 0.1) is 31.8 Å². The van der Waals surface area contributed by atoms with E-state index >= 15 is 0 Å². The molecule has 0 saturated carbocycles. The van der Waals surface area contributed by atoms with Crippen molar-refractivity contribution < 1.29 is 14.3 Å². The number of nitrogens with zero attached hydrogens (tertiary/aromatic N) is 2. The summed E-state index contributed by atoms with van der Waals surface area (Å²) in [5.41, 5.74) is 5.53. The van der Waals surface area contributed by atoms with E-state index in [4.69, 9.17) is 9.47 Å². The third-order valence-corrected chi connectivity index (χ3v) is 4.12. The predicted octanol–water partition coefficient (Wildman–Crippen LogP) is 3.88. The molecule has 0 unspecified atom stereocenters.